The third-order valence-electron chi connectivity index (χ3n) is 2.85. The van der Waals surface area contributed by atoms with Gasteiger partial charge in [-0.05, 0) is 31.0 Å². The van der Waals surface area contributed by atoms with Crippen molar-refractivity contribution in [3.05, 3.63) is 0 Å². The zero-order valence-corrected chi connectivity index (χ0v) is 11.0. The molecule has 14 heavy (non-hydrogen) atoms. The van der Waals surface area contributed by atoms with Gasteiger partial charge >= 0.3 is 0 Å². The van der Waals surface area contributed by atoms with E-state index in [1.165, 1.54) is 0 Å². The molecule has 0 fully saturated rings. The van der Waals surface area contributed by atoms with Gasteiger partial charge in [0.15, 0.2) is 8.32 Å². The van der Waals surface area contributed by atoms with Crippen molar-refractivity contribution in [1.82, 2.24) is 0 Å². The van der Waals surface area contributed by atoms with Crippen LogP contribution in [0.1, 0.15) is 33.6 Å². The van der Waals surface area contributed by atoms with Crippen LogP contribution in [0.3, 0.4) is 0 Å². The van der Waals surface area contributed by atoms with Crippen LogP contribution in [0.15, 0.2) is 0 Å². The van der Waals surface area contributed by atoms with E-state index in [1.807, 2.05) is 0 Å². The van der Waals surface area contributed by atoms with Gasteiger partial charge in [0.25, 0.3) is 0 Å². The first-order valence-corrected chi connectivity index (χ1v) is 8.08. The second-order valence-electron chi connectivity index (χ2n) is 5.20. The van der Waals surface area contributed by atoms with Gasteiger partial charge in [0.1, 0.15) is 6.29 Å². The molecule has 0 radical (unpaired) electrons. The van der Waals surface area contributed by atoms with Crippen molar-refractivity contribution in [3.8, 4) is 0 Å². The average Bonchev–Trinajstić information content (AvgIpc) is 1.97. The van der Waals surface area contributed by atoms with Crippen LogP contribution in [0, 0.1) is 0 Å². The highest BCUT2D eigenvalue weighted by molar-refractivity contribution is 6.74. The monoisotopic (exact) mass is 220 g/mol. The van der Waals surface area contributed by atoms with Crippen LogP contribution in [-0.4, -0.2) is 31.4 Å². The average molecular weight is 220 g/mol. The van der Waals surface area contributed by atoms with E-state index in [4.69, 9.17) is 9.53 Å². The van der Waals surface area contributed by atoms with Gasteiger partial charge in [-0.25, -0.2) is 0 Å². The second-order valence-corrected chi connectivity index (χ2v) is 9.95. The Hall–Kier alpha value is 0.0969. The molecule has 0 aromatic carbocycles. The van der Waals surface area contributed by atoms with E-state index in [0.717, 1.165) is 0 Å². The summed E-state index contributed by atoms with van der Waals surface area (Å²) in [6.07, 6.45) is 0.391. The molecule has 0 aromatic heterocycles. The quantitative estimate of drug-likeness (QED) is 0.551. The van der Waals surface area contributed by atoms with Crippen LogP contribution in [-0.2, 0) is 4.43 Å². The molecule has 1 unspecified atom stereocenters. The molecule has 0 aliphatic rings. The predicted octanol–water partition coefficient (Wildman–Crippen LogP) is 2.10. The van der Waals surface area contributed by atoms with Gasteiger partial charge in [0.2, 0.25) is 0 Å². The summed E-state index contributed by atoms with van der Waals surface area (Å²) >= 11 is 0. The van der Waals surface area contributed by atoms with E-state index in [0.29, 0.717) is 12.8 Å². The molecule has 0 aromatic rings. The summed E-state index contributed by atoms with van der Waals surface area (Å²) in [5.74, 6) is 0. The Balaban J connectivity index is 4.08. The van der Waals surface area contributed by atoms with Crippen molar-refractivity contribution in [2.75, 3.05) is 6.61 Å². The Bertz CT molecular complexity index is 163. The van der Waals surface area contributed by atoms with E-state index in [-0.39, 0.29) is 11.6 Å². The molecule has 86 valence electrons. The molecule has 0 bridgehead atoms. The van der Waals surface area contributed by atoms with Gasteiger partial charge in [0.05, 0.1) is 0 Å². The predicted molar refractivity (Wildman–Crippen MR) is 60.6 cm³/mol. The zero-order chi connectivity index (χ0) is 11.4. The molecule has 2 N–H and O–H groups in total. The molecule has 0 spiro atoms. The normalized spacial score (nSPS) is 15.6. The smallest absolute Gasteiger partial charge is 0.195 e. The Morgan fingerprint density at radius 2 is 1.79 bits per heavy atom. The standard InChI is InChI=1S/C10H24O3Si/c1-10(2,3)14(4,5)13-9(12)7-6-8-11/h9,11-12H,6-8H2,1-5H3. The molecule has 0 rings (SSSR count). The van der Waals surface area contributed by atoms with Gasteiger partial charge in [-0.15, -0.1) is 0 Å². The van der Waals surface area contributed by atoms with E-state index in [9.17, 15) is 5.11 Å². The molecule has 1 atom stereocenters. The van der Waals surface area contributed by atoms with E-state index in [2.05, 4.69) is 33.9 Å². The Morgan fingerprint density at radius 3 is 2.14 bits per heavy atom. The summed E-state index contributed by atoms with van der Waals surface area (Å²) in [6, 6.07) is 0. The molecule has 0 amide bonds. The van der Waals surface area contributed by atoms with Crippen LogP contribution in [0.2, 0.25) is 18.1 Å². The number of aliphatic hydroxyl groups is 2. The number of aliphatic hydroxyl groups excluding tert-OH is 2. The summed E-state index contributed by atoms with van der Waals surface area (Å²) in [5, 5.41) is 18.3. The minimum Gasteiger partial charge on any atom is -0.396 e. The Kier molecular flexibility index (Phi) is 5.29. The minimum atomic E-state index is -1.85. The molecule has 0 aliphatic heterocycles. The fourth-order valence-electron chi connectivity index (χ4n) is 0.842. The highest BCUT2D eigenvalue weighted by Crippen LogP contribution is 2.37. The van der Waals surface area contributed by atoms with E-state index < -0.39 is 14.6 Å². The first-order chi connectivity index (χ1) is 6.20. The molecule has 0 saturated heterocycles. The van der Waals surface area contributed by atoms with Crippen molar-refractivity contribution in [3.63, 3.8) is 0 Å². The lowest BCUT2D eigenvalue weighted by atomic mass is 10.2. The summed E-state index contributed by atoms with van der Waals surface area (Å²) in [4.78, 5) is 0. The Morgan fingerprint density at radius 1 is 1.29 bits per heavy atom. The third-order valence-corrected chi connectivity index (χ3v) is 7.32. The van der Waals surface area contributed by atoms with Crippen molar-refractivity contribution in [2.45, 2.75) is 58.0 Å². The van der Waals surface area contributed by atoms with Gasteiger partial charge in [-0.3, -0.25) is 0 Å². The van der Waals surface area contributed by atoms with Crippen molar-refractivity contribution >= 4 is 8.32 Å². The molecule has 0 heterocycles. The first kappa shape index (κ1) is 14.1. The maximum absolute atomic E-state index is 9.58. The topological polar surface area (TPSA) is 49.7 Å². The first-order valence-electron chi connectivity index (χ1n) is 5.17. The lowest BCUT2D eigenvalue weighted by molar-refractivity contribution is -0.0372. The lowest BCUT2D eigenvalue weighted by Crippen LogP contribution is -2.43. The van der Waals surface area contributed by atoms with Crippen LogP contribution in [0.25, 0.3) is 0 Å². The molecular formula is C10H24O3Si. The summed E-state index contributed by atoms with van der Waals surface area (Å²) in [7, 11) is -1.85. The molecule has 4 heteroatoms. The van der Waals surface area contributed by atoms with Crippen LogP contribution in [0.4, 0.5) is 0 Å². The van der Waals surface area contributed by atoms with E-state index in [1.54, 1.807) is 0 Å². The largest absolute Gasteiger partial charge is 0.396 e. The summed E-state index contributed by atoms with van der Waals surface area (Å²) in [5.41, 5.74) is 0. The van der Waals surface area contributed by atoms with E-state index >= 15 is 0 Å². The fraction of sp³-hybridized carbons (Fsp3) is 1.00. The second kappa shape index (κ2) is 5.26. The fourth-order valence-corrected chi connectivity index (χ4v) is 1.99. The van der Waals surface area contributed by atoms with Gasteiger partial charge in [-0.1, -0.05) is 20.8 Å². The van der Waals surface area contributed by atoms with Crippen LogP contribution < -0.4 is 0 Å². The third kappa shape index (κ3) is 4.55. The lowest BCUT2D eigenvalue weighted by Gasteiger charge is -2.37. The van der Waals surface area contributed by atoms with Gasteiger partial charge < -0.3 is 14.6 Å². The Labute approximate surface area is 88.2 Å². The SMILES string of the molecule is CC(C)(C)[Si](C)(C)OC(O)CCCO. The highest BCUT2D eigenvalue weighted by atomic mass is 28.4. The molecular weight excluding hydrogens is 196 g/mol. The maximum atomic E-state index is 9.58. The maximum Gasteiger partial charge on any atom is 0.195 e. The zero-order valence-electron chi connectivity index (χ0n) is 10.0. The summed E-state index contributed by atoms with van der Waals surface area (Å²) < 4.78 is 5.69. The number of hydrogen-bond acceptors (Lipinski definition) is 3. The number of rotatable bonds is 5. The van der Waals surface area contributed by atoms with Gasteiger partial charge in [-0.2, -0.15) is 0 Å². The molecule has 0 aliphatic carbocycles. The minimum absolute atomic E-state index is 0.109. The van der Waals surface area contributed by atoms with Crippen LogP contribution >= 0.6 is 0 Å². The van der Waals surface area contributed by atoms with Crippen LogP contribution in [0.5, 0.6) is 0 Å². The summed E-state index contributed by atoms with van der Waals surface area (Å²) in [6.45, 7) is 10.7. The van der Waals surface area contributed by atoms with Crippen molar-refractivity contribution in [2.24, 2.45) is 0 Å². The number of hydrogen-bond donors (Lipinski definition) is 2. The van der Waals surface area contributed by atoms with Crippen molar-refractivity contribution in [1.29, 1.82) is 0 Å². The molecule has 0 saturated carbocycles. The van der Waals surface area contributed by atoms with Gasteiger partial charge in [0, 0.05) is 6.61 Å². The molecule has 3 nitrogen and oxygen atoms in total. The van der Waals surface area contributed by atoms with Crippen molar-refractivity contribution < 1.29 is 14.6 Å². The highest BCUT2D eigenvalue weighted by Gasteiger charge is 2.38.